The van der Waals surface area contributed by atoms with Crippen LogP contribution < -0.4 is 10.1 Å². The summed E-state index contributed by atoms with van der Waals surface area (Å²) in [6, 6.07) is 11.8. The smallest absolute Gasteiger partial charge is 0.157 e. The van der Waals surface area contributed by atoms with Crippen LogP contribution in [0.1, 0.15) is 11.1 Å². The summed E-state index contributed by atoms with van der Waals surface area (Å²) in [5.41, 5.74) is 2.08. The van der Waals surface area contributed by atoms with Crippen molar-refractivity contribution in [3.63, 3.8) is 0 Å². The van der Waals surface area contributed by atoms with Gasteiger partial charge in [0.2, 0.25) is 0 Å². The Morgan fingerprint density at radius 1 is 1.15 bits per heavy atom. The number of nitriles is 1. The Bertz CT molecular complexity index is 663. The van der Waals surface area contributed by atoms with Crippen molar-refractivity contribution in [3.05, 3.63) is 47.5 Å². The maximum absolute atomic E-state index is 9.43. The van der Waals surface area contributed by atoms with Gasteiger partial charge in [-0.25, -0.2) is 0 Å². The molecule has 0 spiro atoms. The lowest BCUT2D eigenvalue weighted by molar-refractivity contribution is 0.403. The third-order valence-corrected chi connectivity index (χ3v) is 2.85. The molecule has 0 unspecified atom stereocenters. The molecule has 0 heterocycles. The van der Waals surface area contributed by atoms with E-state index < -0.39 is 0 Å². The minimum absolute atomic E-state index is 0.148. The van der Waals surface area contributed by atoms with Crippen molar-refractivity contribution in [3.8, 4) is 23.3 Å². The van der Waals surface area contributed by atoms with E-state index in [1.54, 1.807) is 24.3 Å². The Labute approximate surface area is 116 Å². The number of ether oxygens (including phenoxy) is 1. The van der Waals surface area contributed by atoms with Gasteiger partial charge in [0.05, 0.1) is 24.4 Å². The number of phenolic OH excluding ortho intramolecular Hbond substituents is 2. The lowest BCUT2D eigenvalue weighted by Gasteiger charge is -2.11. The van der Waals surface area contributed by atoms with Crippen LogP contribution in [0.4, 0.5) is 5.69 Å². The van der Waals surface area contributed by atoms with Crippen LogP contribution in [0.2, 0.25) is 0 Å². The summed E-state index contributed by atoms with van der Waals surface area (Å²) in [7, 11) is 1.54. The van der Waals surface area contributed by atoms with Crippen LogP contribution >= 0.6 is 0 Å². The number of nitrogens with zero attached hydrogens (tertiary/aromatic N) is 1. The summed E-state index contributed by atoms with van der Waals surface area (Å²) >= 11 is 0. The van der Waals surface area contributed by atoms with Crippen LogP contribution in [-0.2, 0) is 6.54 Å². The summed E-state index contributed by atoms with van der Waals surface area (Å²) in [6.45, 7) is 0.454. The Morgan fingerprint density at radius 3 is 2.60 bits per heavy atom. The van der Waals surface area contributed by atoms with Crippen LogP contribution in [0.5, 0.6) is 17.2 Å². The van der Waals surface area contributed by atoms with E-state index in [9.17, 15) is 10.2 Å². The van der Waals surface area contributed by atoms with Gasteiger partial charge in [-0.1, -0.05) is 6.07 Å². The average molecular weight is 270 g/mol. The molecule has 3 N–H and O–H groups in total. The second-order valence-corrected chi connectivity index (χ2v) is 4.20. The van der Waals surface area contributed by atoms with Crippen molar-refractivity contribution in [2.45, 2.75) is 6.54 Å². The number of rotatable bonds is 4. The molecular weight excluding hydrogens is 256 g/mol. The molecule has 0 amide bonds. The Morgan fingerprint density at radius 2 is 1.95 bits per heavy atom. The predicted molar refractivity (Wildman–Crippen MR) is 74.8 cm³/mol. The van der Waals surface area contributed by atoms with Crippen LogP contribution in [0.15, 0.2) is 36.4 Å². The first kappa shape index (κ1) is 13.6. The minimum Gasteiger partial charge on any atom is -0.504 e. The highest BCUT2D eigenvalue weighted by molar-refractivity contribution is 5.59. The first-order valence-corrected chi connectivity index (χ1v) is 5.97. The number of methoxy groups -OCH3 is 1. The zero-order valence-electron chi connectivity index (χ0n) is 10.9. The molecule has 0 radical (unpaired) electrons. The molecular formula is C15H14N2O3. The van der Waals surface area contributed by atoms with Gasteiger partial charge >= 0.3 is 0 Å². The fourth-order valence-corrected chi connectivity index (χ4v) is 1.78. The van der Waals surface area contributed by atoms with Gasteiger partial charge in [-0.3, -0.25) is 0 Å². The normalized spacial score (nSPS) is 9.80. The van der Waals surface area contributed by atoms with E-state index in [0.717, 1.165) is 11.3 Å². The molecule has 2 aromatic rings. The molecule has 2 aromatic carbocycles. The Balaban J connectivity index is 2.14. The highest BCUT2D eigenvalue weighted by atomic mass is 16.5. The van der Waals surface area contributed by atoms with Gasteiger partial charge in [0.1, 0.15) is 5.75 Å². The van der Waals surface area contributed by atoms with Gasteiger partial charge in [0, 0.05) is 12.6 Å². The summed E-state index contributed by atoms with van der Waals surface area (Å²) in [5, 5.41) is 30.7. The summed E-state index contributed by atoms with van der Waals surface area (Å²) in [6.07, 6.45) is 0. The first-order chi connectivity index (χ1) is 9.63. The largest absolute Gasteiger partial charge is 0.504 e. The maximum atomic E-state index is 9.43. The molecule has 0 atom stereocenters. The van der Waals surface area contributed by atoms with Crippen molar-refractivity contribution < 1.29 is 14.9 Å². The molecule has 0 aliphatic rings. The van der Waals surface area contributed by atoms with E-state index in [2.05, 4.69) is 5.32 Å². The molecule has 0 fully saturated rings. The van der Waals surface area contributed by atoms with Crippen LogP contribution in [0.3, 0.4) is 0 Å². The summed E-state index contributed by atoms with van der Waals surface area (Å²) in [4.78, 5) is 0. The molecule has 0 bridgehead atoms. The fraction of sp³-hybridized carbons (Fsp3) is 0.133. The number of benzene rings is 2. The third kappa shape index (κ3) is 2.93. The fourth-order valence-electron chi connectivity index (χ4n) is 1.78. The van der Waals surface area contributed by atoms with E-state index in [1.807, 2.05) is 6.07 Å². The van der Waals surface area contributed by atoms with Crippen molar-refractivity contribution in [1.29, 1.82) is 5.26 Å². The standard InChI is InChI=1S/C15H14N2O3/c1-20-15-7-10(8-16)2-4-12(15)17-9-11-3-5-13(18)14(19)6-11/h2-7,17-19H,9H2,1H3. The summed E-state index contributed by atoms with van der Waals surface area (Å²) in [5.74, 6) is 0.271. The Hall–Kier alpha value is -2.87. The quantitative estimate of drug-likeness (QED) is 0.743. The van der Waals surface area contributed by atoms with Gasteiger partial charge in [0.15, 0.2) is 11.5 Å². The average Bonchev–Trinajstić information content (AvgIpc) is 2.48. The van der Waals surface area contributed by atoms with Crippen molar-refractivity contribution in [2.24, 2.45) is 0 Å². The summed E-state index contributed by atoms with van der Waals surface area (Å²) < 4.78 is 5.22. The molecule has 2 rings (SSSR count). The topological polar surface area (TPSA) is 85.5 Å². The van der Waals surface area contributed by atoms with Gasteiger partial charge in [-0.05, 0) is 29.8 Å². The lowest BCUT2D eigenvalue weighted by atomic mass is 10.1. The zero-order chi connectivity index (χ0) is 14.5. The maximum Gasteiger partial charge on any atom is 0.157 e. The van der Waals surface area contributed by atoms with E-state index in [-0.39, 0.29) is 11.5 Å². The molecule has 0 saturated heterocycles. The molecule has 0 aromatic heterocycles. The zero-order valence-corrected chi connectivity index (χ0v) is 10.9. The molecule has 0 aliphatic carbocycles. The molecule has 102 valence electrons. The lowest BCUT2D eigenvalue weighted by Crippen LogP contribution is -2.01. The number of hydrogen-bond acceptors (Lipinski definition) is 5. The third-order valence-electron chi connectivity index (χ3n) is 2.85. The number of hydrogen-bond donors (Lipinski definition) is 3. The number of anilines is 1. The van der Waals surface area contributed by atoms with Gasteiger partial charge < -0.3 is 20.3 Å². The second kappa shape index (κ2) is 5.85. The van der Waals surface area contributed by atoms with Crippen molar-refractivity contribution >= 4 is 5.69 Å². The highest BCUT2D eigenvalue weighted by Crippen LogP contribution is 2.28. The first-order valence-electron chi connectivity index (χ1n) is 5.97. The SMILES string of the molecule is COc1cc(C#N)ccc1NCc1ccc(O)c(O)c1. The number of aromatic hydroxyl groups is 2. The van der Waals surface area contributed by atoms with Gasteiger partial charge in [-0.15, -0.1) is 0 Å². The molecule has 5 nitrogen and oxygen atoms in total. The molecule has 0 saturated carbocycles. The van der Waals surface area contributed by atoms with Crippen molar-refractivity contribution in [1.82, 2.24) is 0 Å². The van der Waals surface area contributed by atoms with Crippen LogP contribution in [-0.4, -0.2) is 17.3 Å². The highest BCUT2D eigenvalue weighted by Gasteiger charge is 2.05. The molecule has 0 aliphatic heterocycles. The monoisotopic (exact) mass is 270 g/mol. The molecule has 5 heteroatoms. The Kier molecular flexibility index (Phi) is 3.96. The van der Waals surface area contributed by atoms with Gasteiger partial charge in [0.25, 0.3) is 0 Å². The van der Waals surface area contributed by atoms with E-state index in [0.29, 0.717) is 17.9 Å². The van der Waals surface area contributed by atoms with E-state index >= 15 is 0 Å². The molecule has 20 heavy (non-hydrogen) atoms. The van der Waals surface area contributed by atoms with Crippen LogP contribution in [0.25, 0.3) is 0 Å². The van der Waals surface area contributed by atoms with Gasteiger partial charge in [-0.2, -0.15) is 5.26 Å². The predicted octanol–water partition coefficient (Wildman–Crippen LogP) is 2.59. The van der Waals surface area contributed by atoms with E-state index in [4.69, 9.17) is 10.00 Å². The number of nitrogens with one attached hydrogen (secondary N) is 1. The van der Waals surface area contributed by atoms with Crippen LogP contribution in [0, 0.1) is 11.3 Å². The second-order valence-electron chi connectivity index (χ2n) is 4.20. The van der Waals surface area contributed by atoms with Crippen molar-refractivity contribution in [2.75, 3.05) is 12.4 Å². The minimum atomic E-state index is -0.156. The van der Waals surface area contributed by atoms with E-state index in [1.165, 1.54) is 19.2 Å². The number of phenols is 2.